The second-order valence-corrected chi connectivity index (χ2v) is 7.87. The van der Waals surface area contributed by atoms with Crippen LogP contribution in [0.15, 0.2) is 79.0 Å². The molecule has 6 heteroatoms. The summed E-state index contributed by atoms with van der Waals surface area (Å²) in [6.07, 6.45) is 2.51. The van der Waals surface area contributed by atoms with Crippen LogP contribution in [0.25, 0.3) is 37.2 Å². The Kier molecular flexibility index (Phi) is 3.64. The predicted octanol–water partition coefficient (Wildman–Crippen LogP) is 5.15. The van der Waals surface area contributed by atoms with E-state index in [1.54, 1.807) is 0 Å². The van der Waals surface area contributed by atoms with Crippen LogP contribution in [-0.4, -0.2) is 24.8 Å². The van der Waals surface area contributed by atoms with Gasteiger partial charge in [-0.1, -0.05) is 78.1 Å². The van der Waals surface area contributed by atoms with E-state index in [0.717, 1.165) is 32.3 Å². The Balaban J connectivity index is 1.46. The van der Waals surface area contributed by atoms with E-state index in [9.17, 15) is 0 Å². The molecule has 0 bridgehead atoms. The number of hydrogen-bond acceptors (Lipinski definition) is 5. The van der Waals surface area contributed by atoms with Gasteiger partial charge in [0.25, 0.3) is 0 Å². The van der Waals surface area contributed by atoms with Gasteiger partial charge in [0.15, 0.2) is 10.8 Å². The molecule has 3 aromatic carbocycles. The van der Waals surface area contributed by atoms with Crippen LogP contribution < -0.4 is 0 Å². The first kappa shape index (κ1) is 16.3. The van der Waals surface area contributed by atoms with E-state index in [0.29, 0.717) is 6.42 Å². The van der Waals surface area contributed by atoms with Gasteiger partial charge in [-0.25, -0.2) is 0 Å². The lowest BCUT2D eigenvalue weighted by Crippen LogP contribution is -1.98. The highest BCUT2D eigenvalue weighted by molar-refractivity contribution is 7.19. The first-order valence-electron chi connectivity index (χ1n) is 9.39. The number of hydrogen-bond donors (Lipinski definition) is 0. The molecule has 138 valence electrons. The van der Waals surface area contributed by atoms with E-state index in [1.165, 1.54) is 27.7 Å². The van der Waals surface area contributed by atoms with Crippen molar-refractivity contribution in [2.75, 3.05) is 0 Å². The quantitative estimate of drug-likeness (QED) is 0.417. The average Bonchev–Trinajstić information content (AvgIpc) is 3.35. The van der Waals surface area contributed by atoms with E-state index >= 15 is 0 Å². The summed E-state index contributed by atoms with van der Waals surface area (Å²) in [7, 11) is 0. The first-order chi connectivity index (χ1) is 14.4. The molecule has 0 N–H and O–H groups in total. The third kappa shape index (κ3) is 2.68. The lowest BCUT2D eigenvalue weighted by Gasteiger charge is -2.05. The number of fused-ring (bicyclic) bond motifs is 3. The van der Waals surface area contributed by atoms with E-state index in [-0.39, 0.29) is 0 Å². The fourth-order valence-corrected chi connectivity index (χ4v) is 4.64. The Morgan fingerprint density at radius 1 is 0.759 bits per heavy atom. The summed E-state index contributed by atoms with van der Waals surface area (Å²) < 4.78 is 1.85. The van der Waals surface area contributed by atoms with E-state index < -0.39 is 0 Å². The minimum absolute atomic E-state index is 0.675. The Morgan fingerprint density at radius 3 is 2.41 bits per heavy atom. The largest absolute Gasteiger partial charge is 0.253 e. The monoisotopic (exact) mass is 393 g/mol. The van der Waals surface area contributed by atoms with Gasteiger partial charge in [-0.15, -0.1) is 10.2 Å². The summed E-state index contributed by atoms with van der Waals surface area (Å²) in [5.41, 5.74) is 2.10. The maximum absolute atomic E-state index is 4.82. The highest BCUT2D eigenvalue weighted by atomic mass is 32.1. The van der Waals surface area contributed by atoms with Crippen molar-refractivity contribution >= 4 is 37.8 Å². The molecule has 3 aromatic heterocycles. The zero-order valence-electron chi connectivity index (χ0n) is 15.4. The van der Waals surface area contributed by atoms with Gasteiger partial charge in [-0.05, 0) is 27.8 Å². The molecule has 0 aliphatic carbocycles. The maximum atomic E-state index is 4.82. The Hall–Kier alpha value is -3.64. The van der Waals surface area contributed by atoms with Crippen LogP contribution in [0.5, 0.6) is 0 Å². The Morgan fingerprint density at radius 2 is 1.52 bits per heavy atom. The normalized spacial score (nSPS) is 11.6. The maximum Gasteiger partial charge on any atom is 0.235 e. The van der Waals surface area contributed by atoms with Crippen LogP contribution in [0.1, 0.15) is 11.4 Å². The van der Waals surface area contributed by atoms with Gasteiger partial charge in [0.2, 0.25) is 4.96 Å². The molecule has 5 nitrogen and oxygen atoms in total. The van der Waals surface area contributed by atoms with Gasteiger partial charge in [-0.3, -0.25) is 4.98 Å². The fourth-order valence-electron chi connectivity index (χ4n) is 3.77. The lowest BCUT2D eigenvalue weighted by molar-refractivity contribution is 0.856. The second kappa shape index (κ2) is 6.46. The van der Waals surface area contributed by atoms with Crippen molar-refractivity contribution in [3.63, 3.8) is 0 Å². The van der Waals surface area contributed by atoms with Crippen LogP contribution in [0.3, 0.4) is 0 Å². The topological polar surface area (TPSA) is 56.0 Å². The summed E-state index contributed by atoms with van der Waals surface area (Å²) in [4.78, 5) is 5.38. The van der Waals surface area contributed by atoms with Crippen LogP contribution in [0.2, 0.25) is 0 Å². The minimum atomic E-state index is 0.675. The van der Waals surface area contributed by atoms with Crippen LogP contribution in [0, 0.1) is 0 Å². The molecule has 0 aliphatic heterocycles. The standard InChI is InChI=1S/C23H15N5S/c1-3-10-18-15(6-1)8-5-9-17(18)14-20-25-26-23-28(20)27-22(29-23)21-19-11-4-2-7-16(19)12-13-24-21/h1-13H,14H2. The third-order valence-electron chi connectivity index (χ3n) is 5.16. The molecule has 6 aromatic rings. The molecular formula is C23H15N5S. The highest BCUT2D eigenvalue weighted by Crippen LogP contribution is 2.30. The summed E-state index contributed by atoms with van der Waals surface area (Å²) in [6, 6.07) is 25.0. The van der Waals surface area contributed by atoms with Gasteiger partial charge in [0.05, 0.1) is 0 Å². The van der Waals surface area contributed by atoms with Crippen molar-refractivity contribution in [3.05, 3.63) is 90.4 Å². The average molecular weight is 393 g/mol. The molecule has 0 unspecified atom stereocenters. The fraction of sp³-hybridized carbons (Fsp3) is 0.0435. The summed E-state index contributed by atoms with van der Waals surface area (Å²) in [5, 5.41) is 19.1. The molecule has 0 saturated carbocycles. The van der Waals surface area contributed by atoms with E-state index in [1.807, 2.05) is 28.9 Å². The minimum Gasteiger partial charge on any atom is -0.253 e. The third-order valence-corrected chi connectivity index (χ3v) is 6.07. The van der Waals surface area contributed by atoms with Crippen molar-refractivity contribution in [2.45, 2.75) is 6.42 Å². The molecule has 0 fully saturated rings. The van der Waals surface area contributed by atoms with Crippen molar-refractivity contribution in [2.24, 2.45) is 0 Å². The van der Waals surface area contributed by atoms with Crippen molar-refractivity contribution < 1.29 is 0 Å². The molecule has 0 aliphatic rings. The number of aromatic nitrogens is 5. The zero-order valence-corrected chi connectivity index (χ0v) is 16.2. The number of pyridine rings is 1. The molecule has 3 heterocycles. The zero-order chi connectivity index (χ0) is 19.2. The number of benzene rings is 3. The van der Waals surface area contributed by atoms with Gasteiger partial charge >= 0.3 is 0 Å². The Bertz CT molecular complexity index is 1490. The van der Waals surface area contributed by atoms with Crippen LogP contribution in [0.4, 0.5) is 0 Å². The van der Waals surface area contributed by atoms with Gasteiger partial charge in [-0.2, -0.15) is 9.61 Å². The molecule has 0 saturated heterocycles. The van der Waals surface area contributed by atoms with Crippen molar-refractivity contribution in [1.82, 2.24) is 24.8 Å². The number of rotatable bonds is 3. The van der Waals surface area contributed by atoms with Crippen LogP contribution in [-0.2, 0) is 6.42 Å². The molecule has 0 amide bonds. The Labute approximate surface area is 170 Å². The number of nitrogens with zero attached hydrogens (tertiary/aromatic N) is 5. The predicted molar refractivity (Wildman–Crippen MR) is 116 cm³/mol. The van der Waals surface area contributed by atoms with E-state index in [4.69, 9.17) is 5.10 Å². The van der Waals surface area contributed by atoms with Gasteiger partial charge in [0, 0.05) is 18.0 Å². The summed E-state index contributed by atoms with van der Waals surface area (Å²) >= 11 is 1.52. The van der Waals surface area contributed by atoms with Crippen LogP contribution >= 0.6 is 11.3 Å². The summed E-state index contributed by atoms with van der Waals surface area (Å²) in [5.74, 6) is 0.832. The lowest BCUT2D eigenvalue weighted by atomic mass is 10.0. The van der Waals surface area contributed by atoms with E-state index in [2.05, 4.69) is 69.8 Å². The first-order valence-corrected chi connectivity index (χ1v) is 10.2. The molecule has 6 rings (SSSR count). The SMILES string of the molecule is c1ccc2c(Cc3nnc4sc(-c5nccc6ccccc56)nn34)cccc2c1. The van der Waals surface area contributed by atoms with Gasteiger partial charge < -0.3 is 0 Å². The molecule has 0 spiro atoms. The summed E-state index contributed by atoms with van der Waals surface area (Å²) in [6.45, 7) is 0. The van der Waals surface area contributed by atoms with Crippen molar-refractivity contribution in [3.8, 4) is 10.7 Å². The molecule has 0 radical (unpaired) electrons. The second-order valence-electron chi connectivity index (χ2n) is 6.91. The molecule has 0 atom stereocenters. The van der Waals surface area contributed by atoms with Gasteiger partial charge in [0.1, 0.15) is 5.69 Å². The smallest absolute Gasteiger partial charge is 0.235 e. The molecular weight excluding hydrogens is 378 g/mol. The highest BCUT2D eigenvalue weighted by Gasteiger charge is 2.16. The molecule has 29 heavy (non-hydrogen) atoms. The van der Waals surface area contributed by atoms with Crippen molar-refractivity contribution in [1.29, 1.82) is 0 Å².